The first-order chi connectivity index (χ1) is 14.7. The van der Waals surface area contributed by atoms with Crippen molar-refractivity contribution in [1.29, 1.82) is 0 Å². The minimum absolute atomic E-state index is 0.0638. The van der Waals surface area contributed by atoms with Crippen molar-refractivity contribution in [2.45, 2.75) is 26.7 Å². The smallest absolute Gasteiger partial charge is 0.227 e. The Hall–Kier alpha value is -3.10. The molecule has 8 nitrogen and oxygen atoms in total. The number of phenolic OH excluding ortho intramolecular Hbond substituents is 3. The standard InChI is InChI=1S/C23H29NO7/c1-4-16-17(12-21(29)24(7-9-25)8-10-31-3)22(20(28)13-19(16)27)23(30)15-6-5-14(2)18(26)11-15/h5-6,11,13,25-28H,4,7-10,12H2,1-3H3. The summed E-state index contributed by atoms with van der Waals surface area (Å²) in [6.07, 6.45) is 0.0694. The van der Waals surface area contributed by atoms with E-state index in [1.807, 2.05) is 0 Å². The molecule has 0 unspecified atom stereocenters. The molecule has 168 valence electrons. The summed E-state index contributed by atoms with van der Waals surface area (Å²) in [5, 5.41) is 40.1. The van der Waals surface area contributed by atoms with E-state index < -0.39 is 11.5 Å². The number of hydrogen-bond donors (Lipinski definition) is 4. The van der Waals surface area contributed by atoms with Gasteiger partial charge >= 0.3 is 0 Å². The number of carbonyl (C=O) groups is 2. The molecule has 0 fully saturated rings. The van der Waals surface area contributed by atoms with Gasteiger partial charge in [0.15, 0.2) is 5.78 Å². The molecule has 0 aliphatic carbocycles. The zero-order chi connectivity index (χ0) is 23.1. The Morgan fingerprint density at radius 2 is 1.71 bits per heavy atom. The minimum atomic E-state index is -0.573. The number of aryl methyl sites for hydroxylation is 1. The van der Waals surface area contributed by atoms with Gasteiger partial charge in [-0.1, -0.05) is 19.1 Å². The SMILES string of the molecule is CCc1c(O)cc(O)c(C(=O)c2ccc(C)c(O)c2)c1CC(=O)N(CCO)CCOC. The van der Waals surface area contributed by atoms with E-state index in [4.69, 9.17) is 4.74 Å². The molecule has 0 heterocycles. The average Bonchev–Trinajstić information content (AvgIpc) is 2.72. The lowest BCUT2D eigenvalue weighted by Crippen LogP contribution is -2.37. The van der Waals surface area contributed by atoms with Crippen LogP contribution in [0, 0.1) is 6.92 Å². The molecular weight excluding hydrogens is 402 g/mol. The van der Waals surface area contributed by atoms with Gasteiger partial charge in [0.05, 0.1) is 25.2 Å². The summed E-state index contributed by atoms with van der Waals surface area (Å²) in [4.78, 5) is 27.6. The monoisotopic (exact) mass is 431 g/mol. The summed E-state index contributed by atoms with van der Waals surface area (Å²) in [6, 6.07) is 5.50. The van der Waals surface area contributed by atoms with Crippen molar-refractivity contribution in [3.63, 3.8) is 0 Å². The molecule has 31 heavy (non-hydrogen) atoms. The number of ether oxygens (including phenoxy) is 1. The van der Waals surface area contributed by atoms with Crippen molar-refractivity contribution >= 4 is 11.7 Å². The van der Waals surface area contributed by atoms with E-state index in [9.17, 15) is 30.0 Å². The lowest BCUT2D eigenvalue weighted by atomic mass is 9.89. The van der Waals surface area contributed by atoms with Crippen molar-refractivity contribution in [2.75, 3.05) is 33.4 Å². The second-order valence-electron chi connectivity index (χ2n) is 7.20. The molecular formula is C23H29NO7. The molecule has 0 aliphatic heterocycles. The number of hydrogen-bond acceptors (Lipinski definition) is 7. The number of nitrogens with zero attached hydrogens (tertiary/aromatic N) is 1. The summed E-state index contributed by atoms with van der Waals surface area (Å²) < 4.78 is 5.01. The summed E-state index contributed by atoms with van der Waals surface area (Å²) in [5.41, 5.74) is 1.24. The lowest BCUT2D eigenvalue weighted by molar-refractivity contribution is -0.131. The summed E-state index contributed by atoms with van der Waals surface area (Å²) in [5.74, 6) is -1.68. The molecule has 2 rings (SSSR count). The van der Waals surface area contributed by atoms with E-state index in [0.29, 0.717) is 17.5 Å². The topological polar surface area (TPSA) is 128 Å². The highest BCUT2D eigenvalue weighted by atomic mass is 16.5. The van der Waals surface area contributed by atoms with Crippen molar-refractivity contribution in [1.82, 2.24) is 4.90 Å². The molecule has 8 heteroatoms. The highest BCUT2D eigenvalue weighted by molar-refractivity contribution is 6.12. The maximum absolute atomic E-state index is 13.2. The number of aromatic hydroxyl groups is 3. The molecule has 0 spiro atoms. The predicted molar refractivity (Wildman–Crippen MR) is 115 cm³/mol. The summed E-state index contributed by atoms with van der Waals surface area (Å²) in [6.45, 7) is 3.82. The maximum atomic E-state index is 13.2. The molecule has 0 radical (unpaired) electrons. The number of rotatable bonds is 10. The van der Waals surface area contributed by atoms with Crippen LogP contribution < -0.4 is 0 Å². The molecule has 2 aromatic carbocycles. The van der Waals surface area contributed by atoms with Crippen molar-refractivity contribution in [3.8, 4) is 17.2 Å². The molecule has 1 amide bonds. The Balaban J connectivity index is 2.55. The highest BCUT2D eigenvalue weighted by Crippen LogP contribution is 2.35. The van der Waals surface area contributed by atoms with Gasteiger partial charge in [0.25, 0.3) is 0 Å². The molecule has 0 bridgehead atoms. The van der Waals surface area contributed by atoms with E-state index >= 15 is 0 Å². The maximum Gasteiger partial charge on any atom is 0.227 e. The third kappa shape index (κ3) is 5.53. The van der Waals surface area contributed by atoms with Crippen molar-refractivity contribution in [2.24, 2.45) is 0 Å². The lowest BCUT2D eigenvalue weighted by Gasteiger charge is -2.23. The summed E-state index contributed by atoms with van der Waals surface area (Å²) >= 11 is 0. The molecule has 0 aliphatic rings. The zero-order valence-electron chi connectivity index (χ0n) is 18.0. The van der Waals surface area contributed by atoms with Crippen LogP contribution in [0.4, 0.5) is 0 Å². The van der Waals surface area contributed by atoms with Crippen LogP contribution in [0.15, 0.2) is 24.3 Å². The van der Waals surface area contributed by atoms with Crippen molar-refractivity contribution in [3.05, 3.63) is 52.1 Å². The number of methoxy groups -OCH3 is 1. The second kappa shape index (κ2) is 10.8. The second-order valence-corrected chi connectivity index (χ2v) is 7.20. The van der Waals surface area contributed by atoms with Crippen LogP contribution in [-0.4, -0.2) is 70.4 Å². The Morgan fingerprint density at radius 1 is 1.00 bits per heavy atom. The predicted octanol–water partition coefficient (Wildman–Crippen LogP) is 1.92. The minimum Gasteiger partial charge on any atom is -0.508 e. The van der Waals surface area contributed by atoms with Gasteiger partial charge in [-0.05, 0) is 36.1 Å². The molecule has 4 N–H and O–H groups in total. The first-order valence-electron chi connectivity index (χ1n) is 10.0. The number of phenols is 3. The van der Waals surface area contributed by atoms with Crippen LogP contribution in [0.1, 0.15) is 39.5 Å². The number of amides is 1. The van der Waals surface area contributed by atoms with Crippen LogP contribution in [-0.2, 0) is 22.4 Å². The van der Waals surface area contributed by atoms with Gasteiger partial charge in [-0.15, -0.1) is 0 Å². The Kier molecular flexibility index (Phi) is 8.41. The van der Waals surface area contributed by atoms with E-state index in [1.165, 1.54) is 24.1 Å². The molecule has 0 atom stereocenters. The zero-order valence-corrected chi connectivity index (χ0v) is 18.0. The van der Waals surface area contributed by atoms with Gasteiger partial charge in [0, 0.05) is 31.8 Å². The Labute approximate surface area is 181 Å². The van der Waals surface area contributed by atoms with Crippen LogP contribution in [0.3, 0.4) is 0 Å². The first-order valence-corrected chi connectivity index (χ1v) is 10.0. The number of aliphatic hydroxyl groups excluding tert-OH is 1. The third-order valence-electron chi connectivity index (χ3n) is 5.17. The average molecular weight is 431 g/mol. The molecule has 0 saturated carbocycles. The van der Waals surface area contributed by atoms with Gasteiger partial charge in [0.1, 0.15) is 17.2 Å². The van der Waals surface area contributed by atoms with Crippen molar-refractivity contribution < 1.29 is 34.8 Å². The van der Waals surface area contributed by atoms with Gasteiger partial charge in [-0.25, -0.2) is 0 Å². The van der Waals surface area contributed by atoms with Crippen LogP contribution >= 0.6 is 0 Å². The highest BCUT2D eigenvalue weighted by Gasteiger charge is 2.26. The van der Waals surface area contributed by atoms with Crippen LogP contribution in [0.5, 0.6) is 17.2 Å². The number of aliphatic hydroxyl groups is 1. The summed E-state index contributed by atoms with van der Waals surface area (Å²) in [7, 11) is 1.50. The van der Waals surface area contributed by atoms with Gasteiger partial charge < -0.3 is 30.1 Å². The fourth-order valence-corrected chi connectivity index (χ4v) is 3.43. The van der Waals surface area contributed by atoms with E-state index in [0.717, 1.165) is 6.07 Å². The largest absolute Gasteiger partial charge is 0.508 e. The fraction of sp³-hybridized carbons (Fsp3) is 0.391. The normalized spacial score (nSPS) is 10.8. The Morgan fingerprint density at radius 3 is 2.29 bits per heavy atom. The number of ketones is 1. The third-order valence-corrected chi connectivity index (χ3v) is 5.17. The number of benzene rings is 2. The molecule has 0 saturated heterocycles. The Bertz CT molecular complexity index is 955. The molecule has 0 aromatic heterocycles. The van der Waals surface area contributed by atoms with Gasteiger partial charge in [-0.2, -0.15) is 0 Å². The first kappa shape index (κ1) is 24.2. The molecule has 2 aromatic rings. The quantitative estimate of drug-likeness (QED) is 0.423. The van der Waals surface area contributed by atoms with Crippen LogP contribution in [0.2, 0.25) is 0 Å². The number of carbonyl (C=O) groups excluding carboxylic acids is 2. The van der Waals surface area contributed by atoms with Crippen LogP contribution in [0.25, 0.3) is 0 Å². The van der Waals surface area contributed by atoms with E-state index in [1.54, 1.807) is 19.9 Å². The van der Waals surface area contributed by atoms with Gasteiger partial charge in [-0.3, -0.25) is 9.59 Å². The van der Waals surface area contributed by atoms with E-state index in [-0.39, 0.29) is 66.8 Å². The van der Waals surface area contributed by atoms with E-state index in [2.05, 4.69) is 0 Å². The van der Waals surface area contributed by atoms with Gasteiger partial charge in [0.2, 0.25) is 5.91 Å². The fourth-order valence-electron chi connectivity index (χ4n) is 3.43.